The number of aromatic nitrogens is 2. The Morgan fingerprint density at radius 3 is 2.21 bits per heavy atom. The molecule has 0 saturated heterocycles. The number of hydrogen-bond acceptors (Lipinski definition) is 3. The molecule has 168 valence electrons. The lowest BCUT2D eigenvalue weighted by Crippen LogP contribution is -2.24. The zero-order chi connectivity index (χ0) is 22.9. The molecular formula is C28H29N3OS. The molecule has 33 heavy (non-hydrogen) atoms. The zero-order valence-corrected chi connectivity index (χ0v) is 19.7. The van der Waals surface area contributed by atoms with Crippen LogP contribution in [0.25, 0.3) is 22.5 Å². The SMILES string of the molecule is CCc1ccc(C(=O)NCCCCSc2nc(-c3ccccc3)c(-c3ccccc3)[nH]2)cc1. The summed E-state index contributed by atoms with van der Waals surface area (Å²) in [5.74, 6) is 0.938. The number of carbonyl (C=O) groups is 1. The smallest absolute Gasteiger partial charge is 0.251 e. The molecule has 2 N–H and O–H groups in total. The molecule has 0 spiro atoms. The highest BCUT2D eigenvalue weighted by Crippen LogP contribution is 2.32. The fraction of sp³-hybridized carbons (Fsp3) is 0.214. The quantitative estimate of drug-likeness (QED) is 0.209. The van der Waals surface area contributed by atoms with Gasteiger partial charge in [0.25, 0.3) is 5.91 Å². The first kappa shape index (κ1) is 22.9. The van der Waals surface area contributed by atoms with Crippen molar-refractivity contribution in [2.45, 2.75) is 31.3 Å². The van der Waals surface area contributed by atoms with Gasteiger partial charge in [-0.3, -0.25) is 4.79 Å². The summed E-state index contributed by atoms with van der Waals surface area (Å²) in [6.45, 7) is 2.79. The summed E-state index contributed by atoms with van der Waals surface area (Å²) in [6, 6.07) is 28.4. The van der Waals surface area contributed by atoms with Crippen LogP contribution in [0, 0.1) is 0 Å². The number of carbonyl (C=O) groups excluding carboxylic acids is 1. The van der Waals surface area contributed by atoms with Gasteiger partial charge in [0.05, 0.1) is 11.4 Å². The van der Waals surface area contributed by atoms with E-state index in [2.05, 4.69) is 41.5 Å². The van der Waals surface area contributed by atoms with E-state index in [1.54, 1.807) is 11.8 Å². The molecule has 0 saturated carbocycles. The summed E-state index contributed by atoms with van der Waals surface area (Å²) in [5.41, 5.74) is 6.22. The Hall–Kier alpha value is -3.31. The van der Waals surface area contributed by atoms with Crippen LogP contribution in [-0.2, 0) is 6.42 Å². The van der Waals surface area contributed by atoms with Gasteiger partial charge in [-0.05, 0) is 37.0 Å². The van der Waals surface area contributed by atoms with E-state index in [0.717, 1.165) is 58.2 Å². The average molecular weight is 456 g/mol. The molecule has 4 rings (SSSR count). The van der Waals surface area contributed by atoms with Gasteiger partial charge < -0.3 is 10.3 Å². The second-order valence-electron chi connectivity index (χ2n) is 7.86. The number of nitrogens with zero attached hydrogens (tertiary/aromatic N) is 1. The Labute approximate surface area is 199 Å². The molecule has 0 radical (unpaired) electrons. The standard InChI is InChI=1S/C28H29N3OS/c1-2-21-15-17-24(18-16-21)27(32)29-19-9-10-20-33-28-30-25(22-11-5-3-6-12-22)26(31-28)23-13-7-4-8-14-23/h3-8,11-18H,2,9-10,19-20H2,1H3,(H,29,32)(H,30,31). The van der Waals surface area contributed by atoms with Crippen molar-refractivity contribution in [3.05, 3.63) is 96.1 Å². The number of nitrogens with one attached hydrogen (secondary N) is 2. The number of rotatable bonds is 10. The summed E-state index contributed by atoms with van der Waals surface area (Å²) in [7, 11) is 0. The number of hydrogen-bond donors (Lipinski definition) is 2. The predicted molar refractivity (Wildman–Crippen MR) is 138 cm³/mol. The normalized spacial score (nSPS) is 10.8. The molecule has 3 aromatic carbocycles. The van der Waals surface area contributed by atoms with Crippen molar-refractivity contribution in [3.63, 3.8) is 0 Å². The number of aryl methyl sites for hydroxylation is 1. The highest BCUT2D eigenvalue weighted by atomic mass is 32.2. The molecule has 4 nitrogen and oxygen atoms in total. The summed E-state index contributed by atoms with van der Waals surface area (Å²) in [4.78, 5) is 20.7. The fourth-order valence-electron chi connectivity index (χ4n) is 3.63. The van der Waals surface area contributed by atoms with Gasteiger partial charge in [-0.1, -0.05) is 91.5 Å². The van der Waals surface area contributed by atoms with Gasteiger partial charge in [0.1, 0.15) is 0 Å². The lowest BCUT2D eigenvalue weighted by molar-refractivity contribution is 0.0953. The maximum atomic E-state index is 12.3. The predicted octanol–water partition coefficient (Wildman–Crippen LogP) is 6.61. The minimum atomic E-state index is -0.00338. The van der Waals surface area contributed by atoms with Gasteiger partial charge in [0.15, 0.2) is 5.16 Å². The van der Waals surface area contributed by atoms with Crippen LogP contribution in [0.4, 0.5) is 0 Å². The Bertz CT molecular complexity index is 1100. The Morgan fingerprint density at radius 1 is 0.879 bits per heavy atom. The first-order chi connectivity index (χ1) is 16.2. The molecule has 4 aromatic rings. The Balaban J connectivity index is 1.30. The molecule has 1 heterocycles. The molecule has 0 unspecified atom stereocenters. The molecular weight excluding hydrogens is 426 g/mol. The van der Waals surface area contributed by atoms with Gasteiger partial charge in [-0.2, -0.15) is 0 Å². The second-order valence-corrected chi connectivity index (χ2v) is 8.94. The van der Waals surface area contributed by atoms with Gasteiger partial charge in [0.2, 0.25) is 0 Å². The molecule has 0 aliphatic carbocycles. The Morgan fingerprint density at radius 2 is 1.55 bits per heavy atom. The molecule has 5 heteroatoms. The highest BCUT2D eigenvalue weighted by molar-refractivity contribution is 7.99. The van der Waals surface area contributed by atoms with E-state index in [1.807, 2.05) is 60.7 Å². The van der Waals surface area contributed by atoms with Crippen molar-refractivity contribution >= 4 is 17.7 Å². The van der Waals surface area contributed by atoms with Gasteiger partial charge >= 0.3 is 0 Å². The number of thioether (sulfide) groups is 1. The third-order valence-corrected chi connectivity index (χ3v) is 6.47. The molecule has 0 aliphatic heterocycles. The molecule has 1 amide bonds. The monoisotopic (exact) mass is 455 g/mol. The van der Waals surface area contributed by atoms with Crippen molar-refractivity contribution in [3.8, 4) is 22.5 Å². The number of unbranched alkanes of at least 4 members (excludes halogenated alkanes) is 1. The van der Waals surface area contributed by atoms with Crippen molar-refractivity contribution in [2.75, 3.05) is 12.3 Å². The molecule has 1 aromatic heterocycles. The third kappa shape index (κ3) is 6.14. The maximum Gasteiger partial charge on any atom is 0.251 e. The van der Waals surface area contributed by atoms with Crippen LogP contribution >= 0.6 is 11.8 Å². The lowest BCUT2D eigenvalue weighted by atomic mass is 10.1. The highest BCUT2D eigenvalue weighted by Gasteiger charge is 2.14. The van der Waals surface area contributed by atoms with E-state index < -0.39 is 0 Å². The van der Waals surface area contributed by atoms with E-state index in [0.29, 0.717) is 6.54 Å². The summed E-state index contributed by atoms with van der Waals surface area (Å²) < 4.78 is 0. The van der Waals surface area contributed by atoms with Gasteiger partial charge in [-0.15, -0.1) is 0 Å². The van der Waals surface area contributed by atoms with E-state index in [4.69, 9.17) is 4.98 Å². The van der Waals surface area contributed by atoms with Gasteiger partial charge in [0, 0.05) is 29.0 Å². The van der Waals surface area contributed by atoms with E-state index >= 15 is 0 Å². The third-order valence-electron chi connectivity index (χ3n) is 5.51. The van der Waals surface area contributed by atoms with Crippen LogP contribution in [0.1, 0.15) is 35.7 Å². The summed E-state index contributed by atoms with van der Waals surface area (Å²) in [6.07, 6.45) is 2.92. The van der Waals surface area contributed by atoms with E-state index in [1.165, 1.54) is 5.56 Å². The first-order valence-electron chi connectivity index (χ1n) is 11.5. The first-order valence-corrected chi connectivity index (χ1v) is 12.4. The van der Waals surface area contributed by atoms with Crippen LogP contribution in [0.5, 0.6) is 0 Å². The van der Waals surface area contributed by atoms with Crippen LogP contribution in [-0.4, -0.2) is 28.2 Å². The second kappa shape index (κ2) is 11.5. The molecule has 0 atom stereocenters. The summed E-state index contributed by atoms with van der Waals surface area (Å²) >= 11 is 1.72. The molecule has 0 bridgehead atoms. The largest absolute Gasteiger partial charge is 0.352 e. The van der Waals surface area contributed by atoms with Crippen molar-refractivity contribution < 1.29 is 4.79 Å². The maximum absolute atomic E-state index is 12.3. The van der Waals surface area contributed by atoms with Gasteiger partial charge in [-0.25, -0.2) is 4.98 Å². The molecule has 0 fully saturated rings. The van der Waals surface area contributed by atoms with Crippen molar-refractivity contribution in [1.82, 2.24) is 15.3 Å². The van der Waals surface area contributed by atoms with E-state index in [9.17, 15) is 4.79 Å². The van der Waals surface area contributed by atoms with Crippen LogP contribution in [0.2, 0.25) is 0 Å². The fourth-order valence-corrected chi connectivity index (χ4v) is 4.50. The number of H-pyrrole nitrogens is 1. The van der Waals surface area contributed by atoms with Crippen molar-refractivity contribution in [2.24, 2.45) is 0 Å². The number of amides is 1. The molecule has 0 aliphatic rings. The number of aromatic amines is 1. The van der Waals surface area contributed by atoms with Crippen LogP contribution in [0.3, 0.4) is 0 Å². The van der Waals surface area contributed by atoms with Crippen molar-refractivity contribution in [1.29, 1.82) is 0 Å². The minimum Gasteiger partial charge on any atom is -0.352 e. The average Bonchev–Trinajstić information content (AvgIpc) is 3.31. The summed E-state index contributed by atoms with van der Waals surface area (Å²) in [5, 5.41) is 3.94. The minimum absolute atomic E-state index is 0.00338. The zero-order valence-electron chi connectivity index (χ0n) is 18.9. The van der Waals surface area contributed by atoms with Crippen LogP contribution in [0.15, 0.2) is 90.1 Å². The topological polar surface area (TPSA) is 57.8 Å². The lowest BCUT2D eigenvalue weighted by Gasteiger charge is -2.05. The number of imidazole rings is 1. The Kier molecular flexibility index (Phi) is 7.99. The number of benzene rings is 3. The van der Waals surface area contributed by atoms with E-state index in [-0.39, 0.29) is 5.91 Å². The van der Waals surface area contributed by atoms with Crippen LogP contribution < -0.4 is 5.32 Å².